The quantitative estimate of drug-likeness (QED) is 0.745. The van der Waals surface area contributed by atoms with E-state index in [4.69, 9.17) is 4.74 Å². The molecule has 1 aliphatic heterocycles. The molecule has 0 aromatic heterocycles. The molecule has 0 aliphatic carbocycles. The summed E-state index contributed by atoms with van der Waals surface area (Å²) in [5.41, 5.74) is -0.0778. The summed E-state index contributed by atoms with van der Waals surface area (Å²) in [7, 11) is 1.58. The monoisotopic (exact) mass is 387 g/mol. The number of ether oxygens (including phenoxy) is 1. The average molecular weight is 387 g/mol. The summed E-state index contributed by atoms with van der Waals surface area (Å²) in [6, 6.07) is 5.12. The molecule has 0 bridgehead atoms. The maximum atomic E-state index is 13.0. The second kappa shape index (κ2) is 10.1. The number of alkyl halides is 3. The second-order valence-electron chi connectivity index (χ2n) is 6.71. The van der Waals surface area contributed by atoms with E-state index in [9.17, 15) is 18.0 Å². The Bertz CT molecular complexity index is 604. The number of hydrogen-bond acceptors (Lipinski definition) is 4. The van der Waals surface area contributed by atoms with Crippen LogP contribution < -0.4 is 5.32 Å². The largest absolute Gasteiger partial charge is 0.416 e. The molecule has 1 aliphatic rings. The number of carbonyl (C=O) groups excluding carboxylic acids is 1. The number of methoxy groups -OCH3 is 1. The minimum Gasteiger partial charge on any atom is -0.383 e. The van der Waals surface area contributed by atoms with E-state index < -0.39 is 11.7 Å². The average Bonchev–Trinajstić information content (AvgIpc) is 2.67. The molecule has 1 heterocycles. The van der Waals surface area contributed by atoms with Crippen molar-refractivity contribution in [1.82, 2.24) is 15.1 Å². The van der Waals surface area contributed by atoms with Crippen LogP contribution >= 0.6 is 0 Å². The molecule has 1 aromatic carbocycles. The number of nitrogens with one attached hydrogen (secondary N) is 1. The highest BCUT2D eigenvalue weighted by atomic mass is 19.4. The molecule has 1 amide bonds. The van der Waals surface area contributed by atoms with Crippen molar-refractivity contribution in [3.05, 3.63) is 35.4 Å². The summed E-state index contributed by atoms with van der Waals surface area (Å²) in [5.74, 6) is 0.0789. The lowest BCUT2D eigenvalue weighted by atomic mass is 10.0. The molecule has 1 saturated heterocycles. The Morgan fingerprint density at radius 1 is 1.30 bits per heavy atom. The van der Waals surface area contributed by atoms with E-state index in [1.165, 1.54) is 12.1 Å². The number of hydrogen-bond donors (Lipinski definition) is 1. The lowest BCUT2D eigenvalue weighted by Crippen LogP contribution is -2.47. The molecule has 0 radical (unpaired) electrons. The van der Waals surface area contributed by atoms with Crippen molar-refractivity contribution < 1.29 is 22.7 Å². The number of rotatable bonds is 8. The fourth-order valence-electron chi connectivity index (χ4n) is 3.20. The van der Waals surface area contributed by atoms with Crippen LogP contribution in [0.3, 0.4) is 0 Å². The van der Waals surface area contributed by atoms with Crippen molar-refractivity contribution in [1.29, 1.82) is 0 Å². The van der Waals surface area contributed by atoms with Crippen LogP contribution in [-0.2, 0) is 15.7 Å². The second-order valence-corrected chi connectivity index (χ2v) is 6.71. The predicted octanol–water partition coefficient (Wildman–Crippen LogP) is 2.54. The van der Waals surface area contributed by atoms with Gasteiger partial charge in [-0.1, -0.05) is 12.1 Å². The third-order valence-corrected chi connectivity index (χ3v) is 4.91. The number of halogens is 3. The molecule has 1 atom stereocenters. The molecule has 152 valence electrons. The van der Waals surface area contributed by atoms with Crippen molar-refractivity contribution in [2.45, 2.75) is 25.6 Å². The molecule has 0 spiro atoms. The zero-order valence-corrected chi connectivity index (χ0v) is 15.9. The lowest BCUT2D eigenvalue weighted by Gasteiger charge is -2.31. The molecule has 1 fully saturated rings. The number of carbonyl (C=O) groups is 1. The van der Waals surface area contributed by atoms with Gasteiger partial charge in [0.1, 0.15) is 0 Å². The third-order valence-electron chi connectivity index (χ3n) is 4.91. The summed E-state index contributed by atoms with van der Waals surface area (Å²) in [5, 5.41) is 3.21. The van der Waals surface area contributed by atoms with Gasteiger partial charge in [-0.05, 0) is 24.6 Å². The molecular formula is C19H28F3N3O2. The first-order valence-corrected chi connectivity index (χ1v) is 9.21. The molecular weight excluding hydrogens is 359 g/mol. The van der Waals surface area contributed by atoms with Crippen LogP contribution in [0.5, 0.6) is 0 Å². The lowest BCUT2D eigenvalue weighted by molar-refractivity contribution is -0.137. The molecule has 5 nitrogen and oxygen atoms in total. The van der Waals surface area contributed by atoms with Crippen LogP contribution in [0.4, 0.5) is 13.2 Å². The first kappa shape index (κ1) is 21.7. The number of amides is 1. The van der Waals surface area contributed by atoms with E-state index in [1.54, 1.807) is 13.2 Å². The van der Waals surface area contributed by atoms with Gasteiger partial charge in [-0.25, -0.2) is 0 Å². The Hall–Kier alpha value is -1.64. The van der Waals surface area contributed by atoms with Gasteiger partial charge in [0, 0.05) is 58.8 Å². The van der Waals surface area contributed by atoms with Crippen LogP contribution in [0.2, 0.25) is 0 Å². The highest BCUT2D eigenvalue weighted by Gasteiger charge is 2.31. The summed E-state index contributed by atoms with van der Waals surface area (Å²) < 4.78 is 44.2. The van der Waals surface area contributed by atoms with Gasteiger partial charge in [0.05, 0.1) is 12.2 Å². The Kier molecular flexibility index (Phi) is 8.07. The van der Waals surface area contributed by atoms with Gasteiger partial charge in [0.15, 0.2) is 0 Å². The van der Waals surface area contributed by atoms with Crippen molar-refractivity contribution in [3.8, 4) is 0 Å². The van der Waals surface area contributed by atoms with Crippen LogP contribution in [0.15, 0.2) is 24.3 Å². The van der Waals surface area contributed by atoms with Gasteiger partial charge in [0.25, 0.3) is 0 Å². The molecule has 0 saturated carbocycles. The highest BCUT2D eigenvalue weighted by Crippen LogP contribution is 2.31. The minimum absolute atomic E-state index is 0.0789. The van der Waals surface area contributed by atoms with E-state index in [1.807, 2.05) is 16.7 Å². The topological polar surface area (TPSA) is 44.8 Å². The van der Waals surface area contributed by atoms with Gasteiger partial charge >= 0.3 is 6.18 Å². The van der Waals surface area contributed by atoms with E-state index in [0.717, 1.165) is 19.2 Å². The molecule has 1 unspecified atom stereocenters. The summed E-state index contributed by atoms with van der Waals surface area (Å²) in [6.07, 6.45) is -4.03. The van der Waals surface area contributed by atoms with Gasteiger partial charge < -0.3 is 15.0 Å². The van der Waals surface area contributed by atoms with Crippen molar-refractivity contribution in [2.75, 3.05) is 53.0 Å². The van der Waals surface area contributed by atoms with E-state index in [0.29, 0.717) is 44.8 Å². The van der Waals surface area contributed by atoms with E-state index in [-0.39, 0.29) is 11.9 Å². The Balaban J connectivity index is 2.04. The summed E-state index contributed by atoms with van der Waals surface area (Å²) >= 11 is 0. The van der Waals surface area contributed by atoms with Crippen molar-refractivity contribution in [3.63, 3.8) is 0 Å². The van der Waals surface area contributed by atoms with Crippen LogP contribution in [0.25, 0.3) is 0 Å². The molecule has 1 aromatic rings. The van der Waals surface area contributed by atoms with Crippen molar-refractivity contribution >= 4 is 5.91 Å². The maximum absolute atomic E-state index is 13.0. The predicted molar refractivity (Wildman–Crippen MR) is 97.4 cm³/mol. The summed E-state index contributed by atoms with van der Waals surface area (Å²) in [4.78, 5) is 16.2. The van der Waals surface area contributed by atoms with Crippen molar-refractivity contribution in [2.24, 2.45) is 0 Å². The van der Waals surface area contributed by atoms with E-state index >= 15 is 0 Å². The SMILES string of the molecule is COCCN(CCC(=O)N1CCNCC1)C(C)c1cccc(C(F)(F)F)c1. The standard InChI is InChI=1S/C19H28F3N3O2/c1-15(16-4-3-5-17(14-16)19(20,21)22)24(12-13-27-2)9-6-18(26)25-10-7-23-8-11-25/h3-5,14-15,23H,6-13H2,1-2H3. The Labute approximate surface area is 158 Å². The maximum Gasteiger partial charge on any atom is 0.416 e. The zero-order valence-electron chi connectivity index (χ0n) is 15.9. The normalized spacial score (nSPS) is 16.6. The molecule has 2 rings (SSSR count). The first-order valence-electron chi connectivity index (χ1n) is 9.21. The van der Waals surface area contributed by atoms with Crippen LogP contribution in [0, 0.1) is 0 Å². The smallest absolute Gasteiger partial charge is 0.383 e. The van der Waals surface area contributed by atoms with Crippen LogP contribution in [-0.4, -0.2) is 68.7 Å². The van der Waals surface area contributed by atoms with Crippen LogP contribution in [0.1, 0.15) is 30.5 Å². The minimum atomic E-state index is -4.37. The van der Waals surface area contributed by atoms with Gasteiger partial charge in [-0.3, -0.25) is 9.69 Å². The van der Waals surface area contributed by atoms with Gasteiger partial charge in [0.2, 0.25) is 5.91 Å². The third kappa shape index (κ3) is 6.48. The molecule has 27 heavy (non-hydrogen) atoms. The molecule has 8 heteroatoms. The van der Waals surface area contributed by atoms with Gasteiger partial charge in [-0.15, -0.1) is 0 Å². The Morgan fingerprint density at radius 3 is 2.63 bits per heavy atom. The van der Waals surface area contributed by atoms with E-state index in [2.05, 4.69) is 5.32 Å². The summed E-state index contributed by atoms with van der Waals surface area (Å²) in [6.45, 7) is 6.30. The Morgan fingerprint density at radius 2 is 2.00 bits per heavy atom. The number of benzene rings is 1. The number of nitrogens with zero attached hydrogens (tertiary/aromatic N) is 2. The first-order chi connectivity index (χ1) is 12.8. The molecule has 1 N–H and O–H groups in total. The fourth-order valence-corrected chi connectivity index (χ4v) is 3.20. The zero-order chi connectivity index (χ0) is 19.9. The number of piperazine rings is 1. The highest BCUT2D eigenvalue weighted by molar-refractivity contribution is 5.76. The fraction of sp³-hybridized carbons (Fsp3) is 0.632. The van der Waals surface area contributed by atoms with Gasteiger partial charge in [-0.2, -0.15) is 13.2 Å².